The van der Waals surface area contributed by atoms with Gasteiger partial charge in [0, 0.05) is 18.4 Å². The quantitative estimate of drug-likeness (QED) is 0.786. The van der Waals surface area contributed by atoms with Crippen LogP contribution in [0.4, 0.5) is 0 Å². The molecule has 2 heteroatoms. The maximum Gasteiger partial charge on any atom is 0.133 e. The van der Waals surface area contributed by atoms with Crippen molar-refractivity contribution in [2.24, 2.45) is 17.3 Å². The number of hydrogen-bond donors (Lipinski definition) is 1. The van der Waals surface area contributed by atoms with Crippen molar-refractivity contribution in [2.75, 3.05) is 0 Å². The van der Waals surface area contributed by atoms with Crippen molar-refractivity contribution < 1.29 is 9.90 Å². The molecule has 1 N–H and O–H groups in total. The zero-order valence-electron chi connectivity index (χ0n) is 13.1. The number of aromatic hydroxyl groups is 1. The second-order valence-electron chi connectivity index (χ2n) is 8.16. The van der Waals surface area contributed by atoms with Gasteiger partial charge in [0.2, 0.25) is 0 Å². The van der Waals surface area contributed by atoms with Gasteiger partial charge < -0.3 is 5.11 Å². The van der Waals surface area contributed by atoms with Crippen molar-refractivity contribution in [1.82, 2.24) is 0 Å². The number of phenols is 1. The van der Waals surface area contributed by atoms with Gasteiger partial charge in [-0.1, -0.05) is 19.1 Å². The van der Waals surface area contributed by atoms with Crippen LogP contribution in [0.3, 0.4) is 0 Å². The number of hydrogen-bond acceptors (Lipinski definition) is 2. The highest BCUT2D eigenvalue weighted by Gasteiger charge is 2.53. The van der Waals surface area contributed by atoms with Gasteiger partial charge in [-0.25, -0.2) is 0 Å². The number of ketones is 1. The van der Waals surface area contributed by atoms with Crippen LogP contribution in [0.25, 0.3) is 12.2 Å². The van der Waals surface area contributed by atoms with Gasteiger partial charge in [-0.05, 0) is 71.6 Å². The number of aryl methyl sites for hydroxylation is 1. The standard InChI is InChI=1S/C20H22O2/c1-20-7-6-16-13(17(20)9-12(21)10-20)3-2-11-8-18(22)14-4-5-15(14)19(11)16/h4-5,8,13,16-17,22H,2-3,6-7,9-10H2,1H3/t13-,16+,17+,20-/m1/s1. The summed E-state index contributed by atoms with van der Waals surface area (Å²) in [6, 6.07) is 2.00. The smallest absolute Gasteiger partial charge is 0.133 e. The van der Waals surface area contributed by atoms with E-state index in [4.69, 9.17) is 0 Å². The van der Waals surface area contributed by atoms with E-state index in [-0.39, 0.29) is 5.41 Å². The molecule has 22 heavy (non-hydrogen) atoms. The first-order valence-electron chi connectivity index (χ1n) is 8.65. The maximum atomic E-state index is 12.1. The van der Waals surface area contributed by atoms with E-state index in [0.29, 0.717) is 29.3 Å². The molecular formula is C20H22O2. The Balaban J connectivity index is 1.61. The third-order valence-electron chi connectivity index (χ3n) is 7.05. The molecule has 4 aliphatic rings. The van der Waals surface area contributed by atoms with Gasteiger partial charge in [0.25, 0.3) is 0 Å². The van der Waals surface area contributed by atoms with Gasteiger partial charge in [0.1, 0.15) is 11.5 Å². The summed E-state index contributed by atoms with van der Waals surface area (Å²) in [5.41, 5.74) is 5.45. The van der Waals surface area contributed by atoms with Crippen LogP contribution in [-0.2, 0) is 11.2 Å². The Morgan fingerprint density at radius 1 is 1.23 bits per heavy atom. The number of Topliss-reactive ketones (excluding diaryl/α,β-unsaturated/α-hetero) is 1. The molecule has 2 nitrogen and oxygen atoms in total. The highest BCUT2D eigenvalue weighted by atomic mass is 16.3. The second kappa shape index (κ2) is 4.04. The molecule has 0 bridgehead atoms. The highest BCUT2D eigenvalue weighted by Crippen LogP contribution is 2.61. The largest absolute Gasteiger partial charge is 0.507 e. The Hall–Kier alpha value is -1.57. The lowest BCUT2D eigenvalue weighted by molar-refractivity contribution is -0.118. The summed E-state index contributed by atoms with van der Waals surface area (Å²) < 4.78 is 0. The van der Waals surface area contributed by atoms with Gasteiger partial charge in [0.15, 0.2) is 0 Å². The zero-order chi connectivity index (χ0) is 15.1. The molecular weight excluding hydrogens is 272 g/mol. The molecule has 0 heterocycles. The molecule has 114 valence electrons. The zero-order valence-corrected chi connectivity index (χ0v) is 13.1. The first-order valence-corrected chi connectivity index (χ1v) is 8.65. The molecule has 1 aromatic rings. The average molecular weight is 294 g/mol. The summed E-state index contributed by atoms with van der Waals surface area (Å²) >= 11 is 0. The number of rotatable bonds is 0. The minimum Gasteiger partial charge on any atom is -0.507 e. The molecule has 2 saturated carbocycles. The van der Waals surface area contributed by atoms with Crippen LogP contribution >= 0.6 is 0 Å². The second-order valence-corrected chi connectivity index (χ2v) is 8.16. The van der Waals surface area contributed by atoms with Crippen molar-refractivity contribution in [3.05, 3.63) is 28.3 Å². The fourth-order valence-electron chi connectivity index (χ4n) is 6.00. The summed E-state index contributed by atoms with van der Waals surface area (Å²) in [7, 11) is 0. The molecule has 4 atom stereocenters. The third kappa shape index (κ3) is 1.48. The van der Waals surface area contributed by atoms with Crippen molar-refractivity contribution in [3.8, 4) is 5.75 Å². The Kier molecular flexibility index (Phi) is 2.37. The van der Waals surface area contributed by atoms with E-state index in [1.54, 1.807) is 0 Å². The lowest BCUT2D eigenvalue weighted by Gasteiger charge is -2.49. The summed E-state index contributed by atoms with van der Waals surface area (Å²) in [6.07, 6.45) is 10.5. The molecule has 0 saturated heterocycles. The maximum absolute atomic E-state index is 12.1. The van der Waals surface area contributed by atoms with E-state index in [1.807, 2.05) is 12.1 Å². The molecule has 0 spiro atoms. The fourth-order valence-corrected chi connectivity index (χ4v) is 6.00. The Bertz CT molecular complexity index is 730. The normalized spacial score (nSPS) is 37.9. The Labute approximate surface area is 131 Å². The van der Waals surface area contributed by atoms with E-state index in [9.17, 15) is 9.90 Å². The number of carbonyl (C=O) groups excluding carboxylic acids is 1. The summed E-state index contributed by atoms with van der Waals surface area (Å²) in [5.74, 6) is 2.79. The van der Waals surface area contributed by atoms with E-state index in [2.05, 4.69) is 13.0 Å². The van der Waals surface area contributed by atoms with Crippen LogP contribution < -0.4 is 0 Å². The predicted octanol–water partition coefficient (Wildman–Crippen LogP) is 4.30. The SMILES string of the molecule is C[C@]12CC[C@@H]3c4c(cc(O)c5c4C=C5)CC[C@H]3[C@@H]1CC(=O)C2. The molecule has 4 aliphatic carbocycles. The van der Waals surface area contributed by atoms with E-state index >= 15 is 0 Å². The number of benzene rings is 1. The molecule has 2 fully saturated rings. The predicted molar refractivity (Wildman–Crippen MR) is 86.7 cm³/mol. The summed E-state index contributed by atoms with van der Waals surface area (Å²) in [4.78, 5) is 12.1. The molecule has 0 aromatic heterocycles. The fraction of sp³-hybridized carbons (Fsp3) is 0.550. The minimum atomic E-state index is 0.260. The first kappa shape index (κ1) is 12.9. The van der Waals surface area contributed by atoms with Crippen LogP contribution in [0.15, 0.2) is 6.07 Å². The monoisotopic (exact) mass is 294 g/mol. The highest BCUT2D eigenvalue weighted by molar-refractivity contribution is 5.91. The Morgan fingerprint density at radius 2 is 2.05 bits per heavy atom. The third-order valence-corrected chi connectivity index (χ3v) is 7.05. The van der Waals surface area contributed by atoms with E-state index < -0.39 is 0 Å². The molecule has 5 rings (SSSR count). The van der Waals surface area contributed by atoms with Crippen LogP contribution in [0, 0.1) is 17.3 Å². The van der Waals surface area contributed by atoms with E-state index in [0.717, 1.165) is 24.8 Å². The molecule has 0 unspecified atom stereocenters. The number of phenolic OH excluding ortho intramolecular Hbond substituents is 1. The van der Waals surface area contributed by atoms with Crippen molar-refractivity contribution in [2.45, 2.75) is 51.4 Å². The van der Waals surface area contributed by atoms with Crippen molar-refractivity contribution in [1.29, 1.82) is 0 Å². The van der Waals surface area contributed by atoms with Crippen molar-refractivity contribution in [3.63, 3.8) is 0 Å². The average Bonchev–Trinajstić information content (AvgIpc) is 2.73. The van der Waals surface area contributed by atoms with Gasteiger partial charge in [0.05, 0.1) is 0 Å². The number of fused-ring (bicyclic) bond motifs is 7. The first-order chi connectivity index (χ1) is 10.6. The van der Waals surface area contributed by atoms with Gasteiger partial charge >= 0.3 is 0 Å². The van der Waals surface area contributed by atoms with Crippen LogP contribution in [0.5, 0.6) is 5.75 Å². The number of carbonyl (C=O) groups is 1. The van der Waals surface area contributed by atoms with Gasteiger partial charge in [-0.2, -0.15) is 0 Å². The van der Waals surface area contributed by atoms with Crippen LogP contribution in [0.2, 0.25) is 0 Å². The van der Waals surface area contributed by atoms with Crippen LogP contribution in [-0.4, -0.2) is 10.9 Å². The summed E-state index contributed by atoms with van der Waals surface area (Å²) in [6.45, 7) is 2.35. The molecule has 1 aromatic carbocycles. The van der Waals surface area contributed by atoms with Crippen molar-refractivity contribution >= 4 is 17.9 Å². The minimum absolute atomic E-state index is 0.260. The van der Waals surface area contributed by atoms with Gasteiger partial charge in [-0.3, -0.25) is 4.79 Å². The molecule has 0 radical (unpaired) electrons. The topological polar surface area (TPSA) is 37.3 Å². The van der Waals surface area contributed by atoms with Gasteiger partial charge in [-0.15, -0.1) is 0 Å². The molecule has 0 amide bonds. The van der Waals surface area contributed by atoms with Crippen LogP contribution in [0.1, 0.15) is 67.2 Å². The lowest BCUT2D eigenvalue weighted by Crippen LogP contribution is -2.40. The lowest BCUT2D eigenvalue weighted by atomic mass is 9.55. The van der Waals surface area contributed by atoms with E-state index in [1.165, 1.54) is 36.0 Å². The summed E-state index contributed by atoms with van der Waals surface area (Å²) in [5, 5.41) is 10.1. The Morgan fingerprint density at radius 3 is 2.82 bits per heavy atom. The molecule has 0 aliphatic heterocycles.